The maximum Gasteiger partial charge on any atom is 0.451 e. The summed E-state index contributed by atoms with van der Waals surface area (Å²) in [5, 5.41) is 3.32. The molecule has 23 heavy (non-hydrogen) atoms. The Hall–Kier alpha value is -2.15. The fraction of sp³-hybridized carbons (Fsp3) is 0.375. The zero-order valence-electron chi connectivity index (χ0n) is 12.3. The first kappa shape index (κ1) is 15.7. The van der Waals surface area contributed by atoms with Gasteiger partial charge < -0.3 is 10.1 Å². The highest BCUT2D eigenvalue weighted by Crippen LogP contribution is 2.29. The molecule has 1 saturated heterocycles. The van der Waals surface area contributed by atoms with E-state index >= 15 is 0 Å². The third-order valence-corrected chi connectivity index (χ3v) is 3.81. The van der Waals surface area contributed by atoms with Gasteiger partial charge >= 0.3 is 6.18 Å². The molecule has 0 radical (unpaired) electrons. The topological polar surface area (TPSA) is 47.0 Å². The van der Waals surface area contributed by atoms with Crippen LogP contribution in [-0.4, -0.2) is 23.1 Å². The molecule has 1 N–H and O–H groups in total. The second kappa shape index (κ2) is 6.54. The Kier molecular flexibility index (Phi) is 4.47. The van der Waals surface area contributed by atoms with Gasteiger partial charge in [0.15, 0.2) is 5.75 Å². The molecule has 2 aromatic rings. The van der Waals surface area contributed by atoms with E-state index in [1.807, 2.05) is 24.3 Å². The largest absolute Gasteiger partial charge is 0.454 e. The number of alkyl halides is 3. The van der Waals surface area contributed by atoms with Gasteiger partial charge in [0.05, 0.1) is 12.4 Å². The Morgan fingerprint density at radius 2 is 1.57 bits per heavy atom. The van der Waals surface area contributed by atoms with Crippen LogP contribution in [0.15, 0.2) is 36.7 Å². The van der Waals surface area contributed by atoms with Crippen LogP contribution in [0.25, 0.3) is 0 Å². The molecule has 1 aromatic carbocycles. The minimum atomic E-state index is -4.55. The van der Waals surface area contributed by atoms with Crippen LogP contribution in [0.1, 0.15) is 30.1 Å². The Balaban J connectivity index is 1.66. The zero-order valence-corrected chi connectivity index (χ0v) is 12.3. The van der Waals surface area contributed by atoms with E-state index in [4.69, 9.17) is 4.74 Å². The van der Waals surface area contributed by atoms with Gasteiger partial charge in [0.25, 0.3) is 0 Å². The number of nitrogens with zero attached hydrogens (tertiary/aromatic N) is 2. The molecule has 0 unspecified atom stereocenters. The molecule has 0 bridgehead atoms. The fourth-order valence-corrected chi connectivity index (χ4v) is 2.61. The van der Waals surface area contributed by atoms with E-state index in [-0.39, 0.29) is 5.75 Å². The molecule has 7 heteroatoms. The Labute approximate surface area is 131 Å². The first-order valence-corrected chi connectivity index (χ1v) is 7.40. The summed E-state index contributed by atoms with van der Waals surface area (Å²) < 4.78 is 42.7. The van der Waals surface area contributed by atoms with Crippen molar-refractivity contribution in [3.8, 4) is 11.5 Å². The van der Waals surface area contributed by atoms with Crippen LogP contribution in [0.4, 0.5) is 13.2 Å². The minimum Gasteiger partial charge on any atom is -0.454 e. The number of aromatic nitrogens is 2. The van der Waals surface area contributed by atoms with E-state index in [9.17, 15) is 13.2 Å². The van der Waals surface area contributed by atoms with Gasteiger partial charge in [0, 0.05) is 0 Å². The molecule has 4 nitrogen and oxygen atoms in total. The van der Waals surface area contributed by atoms with Gasteiger partial charge in [-0.25, -0.2) is 9.97 Å². The third kappa shape index (κ3) is 3.98. The normalized spacial score (nSPS) is 16.3. The van der Waals surface area contributed by atoms with Crippen molar-refractivity contribution in [2.75, 3.05) is 13.1 Å². The summed E-state index contributed by atoms with van der Waals surface area (Å²) in [4.78, 5) is 6.54. The van der Waals surface area contributed by atoms with Crippen LogP contribution < -0.4 is 10.1 Å². The van der Waals surface area contributed by atoms with Crippen molar-refractivity contribution in [2.45, 2.75) is 24.9 Å². The van der Waals surface area contributed by atoms with Crippen LogP contribution in [0, 0.1) is 0 Å². The number of hydrogen-bond acceptors (Lipinski definition) is 4. The Morgan fingerprint density at radius 3 is 2.13 bits per heavy atom. The van der Waals surface area contributed by atoms with E-state index in [1.165, 1.54) is 5.56 Å². The SMILES string of the molecule is FC(F)(F)c1ncc(Oc2ccc(C3CCNCC3)cc2)cn1. The highest BCUT2D eigenvalue weighted by Gasteiger charge is 2.34. The average molecular weight is 323 g/mol. The van der Waals surface area contributed by atoms with Crippen LogP contribution in [0.5, 0.6) is 11.5 Å². The number of ether oxygens (including phenoxy) is 1. The number of rotatable bonds is 3. The minimum absolute atomic E-state index is 0.174. The van der Waals surface area contributed by atoms with E-state index in [2.05, 4.69) is 15.3 Å². The van der Waals surface area contributed by atoms with Crippen molar-refractivity contribution in [1.82, 2.24) is 15.3 Å². The molecular weight excluding hydrogens is 307 g/mol. The van der Waals surface area contributed by atoms with Crippen molar-refractivity contribution >= 4 is 0 Å². The quantitative estimate of drug-likeness (QED) is 0.934. The van der Waals surface area contributed by atoms with Crippen molar-refractivity contribution in [3.63, 3.8) is 0 Å². The van der Waals surface area contributed by atoms with Crippen LogP contribution in [-0.2, 0) is 6.18 Å². The van der Waals surface area contributed by atoms with Crippen molar-refractivity contribution < 1.29 is 17.9 Å². The van der Waals surface area contributed by atoms with Crippen molar-refractivity contribution in [3.05, 3.63) is 48.0 Å². The van der Waals surface area contributed by atoms with E-state index < -0.39 is 12.0 Å². The van der Waals surface area contributed by atoms with E-state index in [1.54, 1.807) is 0 Å². The number of hydrogen-bond donors (Lipinski definition) is 1. The predicted molar refractivity (Wildman–Crippen MR) is 78.4 cm³/mol. The lowest BCUT2D eigenvalue weighted by Crippen LogP contribution is -2.26. The number of benzene rings is 1. The second-order valence-electron chi connectivity index (χ2n) is 5.44. The zero-order chi connectivity index (χ0) is 16.3. The van der Waals surface area contributed by atoms with Gasteiger partial charge in [-0.2, -0.15) is 13.2 Å². The first-order chi connectivity index (χ1) is 11.0. The molecule has 1 fully saturated rings. The van der Waals surface area contributed by atoms with Crippen LogP contribution in [0.3, 0.4) is 0 Å². The Bertz CT molecular complexity index is 635. The molecule has 0 saturated carbocycles. The van der Waals surface area contributed by atoms with Crippen molar-refractivity contribution in [1.29, 1.82) is 0 Å². The number of nitrogens with one attached hydrogen (secondary N) is 1. The lowest BCUT2D eigenvalue weighted by atomic mass is 9.90. The fourth-order valence-electron chi connectivity index (χ4n) is 2.61. The highest BCUT2D eigenvalue weighted by molar-refractivity contribution is 5.33. The van der Waals surface area contributed by atoms with Gasteiger partial charge in [-0.3, -0.25) is 0 Å². The maximum atomic E-state index is 12.4. The third-order valence-electron chi connectivity index (χ3n) is 3.81. The van der Waals surface area contributed by atoms with Crippen LogP contribution in [0.2, 0.25) is 0 Å². The number of halogens is 3. The monoisotopic (exact) mass is 323 g/mol. The number of piperidine rings is 1. The summed E-state index contributed by atoms with van der Waals surface area (Å²) >= 11 is 0. The molecule has 1 aromatic heterocycles. The van der Waals surface area contributed by atoms with E-state index in [0.717, 1.165) is 38.3 Å². The highest BCUT2D eigenvalue weighted by atomic mass is 19.4. The Morgan fingerprint density at radius 1 is 0.957 bits per heavy atom. The lowest BCUT2D eigenvalue weighted by molar-refractivity contribution is -0.145. The summed E-state index contributed by atoms with van der Waals surface area (Å²) in [5.41, 5.74) is 1.25. The standard InChI is InChI=1S/C16H16F3N3O/c17-16(18,19)15-21-9-14(10-22-15)23-13-3-1-11(2-4-13)12-5-7-20-8-6-12/h1-4,9-10,12,20H,5-8H2. The molecule has 0 spiro atoms. The molecule has 0 atom stereocenters. The first-order valence-electron chi connectivity index (χ1n) is 7.40. The average Bonchev–Trinajstić information content (AvgIpc) is 2.56. The van der Waals surface area contributed by atoms with Crippen molar-refractivity contribution in [2.24, 2.45) is 0 Å². The van der Waals surface area contributed by atoms with Gasteiger partial charge in [0.1, 0.15) is 5.75 Å². The summed E-state index contributed by atoms with van der Waals surface area (Å²) in [7, 11) is 0. The molecule has 1 aliphatic heterocycles. The summed E-state index contributed by atoms with van der Waals surface area (Å²) in [6, 6.07) is 7.62. The summed E-state index contributed by atoms with van der Waals surface area (Å²) in [5.74, 6) is 0.0875. The van der Waals surface area contributed by atoms with Gasteiger partial charge in [-0.05, 0) is 49.5 Å². The molecular formula is C16H16F3N3O. The molecule has 0 aliphatic carbocycles. The summed E-state index contributed by atoms with van der Waals surface area (Å²) in [6.07, 6.45) is -0.290. The second-order valence-corrected chi connectivity index (χ2v) is 5.44. The lowest BCUT2D eigenvalue weighted by Gasteiger charge is -2.23. The van der Waals surface area contributed by atoms with Gasteiger partial charge in [-0.15, -0.1) is 0 Å². The molecule has 1 aliphatic rings. The van der Waals surface area contributed by atoms with Crippen LogP contribution >= 0.6 is 0 Å². The molecule has 0 amide bonds. The smallest absolute Gasteiger partial charge is 0.451 e. The molecule has 122 valence electrons. The van der Waals surface area contributed by atoms with Gasteiger partial charge in [-0.1, -0.05) is 12.1 Å². The van der Waals surface area contributed by atoms with E-state index in [0.29, 0.717) is 11.7 Å². The molecule has 2 heterocycles. The maximum absolute atomic E-state index is 12.4. The van der Waals surface area contributed by atoms with Gasteiger partial charge in [0.2, 0.25) is 5.82 Å². The molecule has 3 rings (SSSR count). The predicted octanol–water partition coefficient (Wildman–Crippen LogP) is 3.75. The summed E-state index contributed by atoms with van der Waals surface area (Å²) in [6.45, 7) is 2.04.